The summed E-state index contributed by atoms with van der Waals surface area (Å²) in [7, 11) is -3.75. The van der Waals surface area contributed by atoms with Crippen LogP contribution in [0.1, 0.15) is 11.1 Å². The third-order valence-corrected chi connectivity index (χ3v) is 2.75. The van der Waals surface area contributed by atoms with Crippen molar-refractivity contribution in [1.29, 1.82) is 0 Å². The van der Waals surface area contributed by atoms with Gasteiger partial charge in [0.1, 0.15) is 0 Å². The van der Waals surface area contributed by atoms with Crippen molar-refractivity contribution in [2.75, 3.05) is 5.75 Å². The molecule has 90 valence electrons. The Morgan fingerprint density at radius 3 is 2.25 bits per heavy atom. The van der Waals surface area contributed by atoms with E-state index in [0.29, 0.717) is 0 Å². The number of nitrogens with two attached hydrogens (primary N) is 1. The highest BCUT2D eigenvalue weighted by molar-refractivity contribution is 7.89. The molecule has 1 aromatic carbocycles. The van der Waals surface area contributed by atoms with E-state index in [9.17, 15) is 21.6 Å². The Morgan fingerprint density at radius 2 is 1.75 bits per heavy atom. The summed E-state index contributed by atoms with van der Waals surface area (Å²) in [5.74, 6) is -0.500. The minimum Gasteiger partial charge on any atom is -0.229 e. The first-order chi connectivity index (χ1) is 7.20. The maximum Gasteiger partial charge on any atom is 0.416 e. The second-order valence-electron chi connectivity index (χ2n) is 3.27. The summed E-state index contributed by atoms with van der Waals surface area (Å²) in [5, 5.41) is 4.73. The van der Waals surface area contributed by atoms with Crippen LogP contribution in [0.25, 0.3) is 0 Å². The molecule has 0 atom stereocenters. The van der Waals surface area contributed by atoms with Crippen molar-refractivity contribution in [2.24, 2.45) is 5.14 Å². The smallest absolute Gasteiger partial charge is 0.229 e. The zero-order valence-corrected chi connectivity index (χ0v) is 8.98. The predicted molar refractivity (Wildman–Crippen MR) is 53.1 cm³/mol. The lowest BCUT2D eigenvalue weighted by molar-refractivity contribution is -0.138. The predicted octanol–water partition coefficient (Wildman–Crippen LogP) is 1.54. The Labute approximate surface area is 91.1 Å². The van der Waals surface area contributed by atoms with Crippen LogP contribution in [0.5, 0.6) is 0 Å². The van der Waals surface area contributed by atoms with E-state index < -0.39 is 27.5 Å². The molecule has 0 aromatic heterocycles. The van der Waals surface area contributed by atoms with E-state index in [1.807, 2.05) is 0 Å². The quantitative estimate of drug-likeness (QED) is 0.888. The molecular formula is C9H10F3NO2S. The molecule has 0 fully saturated rings. The average Bonchev–Trinajstić information content (AvgIpc) is 2.12. The zero-order chi connectivity index (χ0) is 12.4. The number of rotatable bonds is 3. The monoisotopic (exact) mass is 253 g/mol. The van der Waals surface area contributed by atoms with Crippen molar-refractivity contribution in [1.82, 2.24) is 0 Å². The molecule has 0 saturated heterocycles. The van der Waals surface area contributed by atoms with Crippen LogP contribution >= 0.6 is 0 Å². The fourth-order valence-electron chi connectivity index (χ4n) is 1.27. The molecule has 1 aromatic rings. The minimum absolute atomic E-state index is 0.0657. The topological polar surface area (TPSA) is 60.2 Å². The molecular weight excluding hydrogens is 243 g/mol. The summed E-state index contributed by atoms with van der Waals surface area (Å²) in [5.41, 5.74) is -0.886. The molecule has 2 N–H and O–H groups in total. The Balaban J connectivity index is 2.97. The number of sulfonamides is 1. The van der Waals surface area contributed by atoms with Crippen LogP contribution in [0, 0.1) is 0 Å². The molecule has 0 aliphatic carbocycles. The van der Waals surface area contributed by atoms with Crippen molar-refractivity contribution in [3.63, 3.8) is 0 Å². The van der Waals surface area contributed by atoms with Gasteiger partial charge in [0, 0.05) is 0 Å². The van der Waals surface area contributed by atoms with Gasteiger partial charge in [-0.25, -0.2) is 13.6 Å². The van der Waals surface area contributed by atoms with E-state index in [1.54, 1.807) is 0 Å². The molecule has 0 saturated carbocycles. The molecule has 0 radical (unpaired) electrons. The van der Waals surface area contributed by atoms with Crippen molar-refractivity contribution in [3.8, 4) is 0 Å². The van der Waals surface area contributed by atoms with E-state index >= 15 is 0 Å². The van der Waals surface area contributed by atoms with E-state index in [4.69, 9.17) is 5.14 Å². The van der Waals surface area contributed by atoms with Gasteiger partial charge in [0.2, 0.25) is 10.0 Å². The minimum atomic E-state index is -4.48. The van der Waals surface area contributed by atoms with Gasteiger partial charge in [-0.2, -0.15) is 13.2 Å². The van der Waals surface area contributed by atoms with Crippen LogP contribution in [0.15, 0.2) is 24.3 Å². The Kier molecular flexibility index (Phi) is 3.59. The van der Waals surface area contributed by atoms with Gasteiger partial charge in [0.25, 0.3) is 0 Å². The molecule has 16 heavy (non-hydrogen) atoms. The molecule has 0 unspecified atom stereocenters. The average molecular weight is 253 g/mol. The fraction of sp³-hybridized carbons (Fsp3) is 0.333. The molecule has 0 bridgehead atoms. The lowest BCUT2D eigenvalue weighted by Crippen LogP contribution is -2.19. The first kappa shape index (κ1) is 13.0. The lowest BCUT2D eigenvalue weighted by atomic mass is 10.1. The molecule has 7 heteroatoms. The van der Waals surface area contributed by atoms with Gasteiger partial charge in [0.05, 0.1) is 11.3 Å². The molecule has 0 spiro atoms. The Bertz CT molecular complexity index is 468. The highest BCUT2D eigenvalue weighted by Gasteiger charge is 2.32. The molecule has 1 rings (SSSR count). The summed E-state index contributed by atoms with van der Waals surface area (Å²) < 4.78 is 58.8. The van der Waals surface area contributed by atoms with E-state index in [0.717, 1.165) is 6.07 Å². The van der Waals surface area contributed by atoms with Crippen LogP contribution in [0.4, 0.5) is 13.2 Å². The van der Waals surface area contributed by atoms with Gasteiger partial charge in [-0.15, -0.1) is 0 Å². The van der Waals surface area contributed by atoms with Crippen molar-refractivity contribution >= 4 is 10.0 Å². The number of primary sulfonamides is 1. The van der Waals surface area contributed by atoms with E-state index in [1.165, 1.54) is 18.2 Å². The fourth-order valence-corrected chi connectivity index (χ4v) is 1.77. The number of hydrogen-bond donors (Lipinski definition) is 1. The SMILES string of the molecule is NS(=O)(=O)CCc1ccccc1C(F)(F)F. The van der Waals surface area contributed by atoms with Gasteiger partial charge in [-0.1, -0.05) is 18.2 Å². The number of alkyl halides is 3. The van der Waals surface area contributed by atoms with Gasteiger partial charge in [0.15, 0.2) is 0 Å². The first-order valence-electron chi connectivity index (χ1n) is 4.36. The molecule has 0 aliphatic heterocycles. The summed E-state index contributed by atoms with van der Waals surface area (Å²) >= 11 is 0. The van der Waals surface area contributed by atoms with Gasteiger partial charge < -0.3 is 0 Å². The van der Waals surface area contributed by atoms with Crippen molar-refractivity contribution < 1.29 is 21.6 Å². The largest absolute Gasteiger partial charge is 0.416 e. The van der Waals surface area contributed by atoms with Crippen LogP contribution in [0.2, 0.25) is 0 Å². The van der Waals surface area contributed by atoms with Crippen molar-refractivity contribution in [3.05, 3.63) is 35.4 Å². The number of aryl methyl sites for hydroxylation is 1. The van der Waals surface area contributed by atoms with Crippen LogP contribution < -0.4 is 5.14 Å². The standard InChI is InChI=1S/C9H10F3NO2S/c10-9(11,12)8-4-2-1-3-7(8)5-6-16(13,14)15/h1-4H,5-6H2,(H2,13,14,15). The van der Waals surface area contributed by atoms with Gasteiger partial charge in [-0.3, -0.25) is 0 Å². The molecule has 0 aliphatic rings. The van der Waals surface area contributed by atoms with Crippen LogP contribution in [0.3, 0.4) is 0 Å². The number of halogens is 3. The summed E-state index contributed by atoms with van der Waals surface area (Å²) in [6.07, 6.45) is -4.72. The zero-order valence-electron chi connectivity index (χ0n) is 8.16. The van der Waals surface area contributed by atoms with Crippen molar-refractivity contribution in [2.45, 2.75) is 12.6 Å². The van der Waals surface area contributed by atoms with E-state index in [-0.39, 0.29) is 12.0 Å². The third-order valence-electron chi connectivity index (χ3n) is 1.98. The third kappa shape index (κ3) is 3.82. The Hall–Kier alpha value is -1.08. The first-order valence-corrected chi connectivity index (χ1v) is 6.07. The molecule has 3 nitrogen and oxygen atoms in total. The highest BCUT2D eigenvalue weighted by Crippen LogP contribution is 2.31. The Morgan fingerprint density at radius 1 is 1.19 bits per heavy atom. The van der Waals surface area contributed by atoms with Crippen LogP contribution in [-0.2, 0) is 22.6 Å². The normalized spacial score (nSPS) is 12.8. The van der Waals surface area contributed by atoms with Gasteiger partial charge >= 0.3 is 6.18 Å². The summed E-state index contributed by atoms with van der Waals surface area (Å²) in [4.78, 5) is 0. The summed E-state index contributed by atoms with van der Waals surface area (Å²) in [6, 6.07) is 4.84. The lowest BCUT2D eigenvalue weighted by Gasteiger charge is -2.11. The number of benzene rings is 1. The van der Waals surface area contributed by atoms with Crippen LogP contribution in [-0.4, -0.2) is 14.2 Å². The van der Waals surface area contributed by atoms with E-state index in [2.05, 4.69) is 0 Å². The maximum absolute atomic E-state index is 12.5. The maximum atomic E-state index is 12.5. The second-order valence-corrected chi connectivity index (χ2v) is 5.01. The van der Waals surface area contributed by atoms with Gasteiger partial charge in [-0.05, 0) is 18.1 Å². The highest BCUT2D eigenvalue weighted by atomic mass is 32.2. The number of hydrogen-bond acceptors (Lipinski definition) is 2. The second kappa shape index (κ2) is 4.42. The molecule has 0 amide bonds. The summed E-state index contributed by atoms with van der Waals surface area (Å²) in [6.45, 7) is 0. The molecule has 0 heterocycles.